The number of carbonyl (C=O) groups is 1. The number of halogens is 3. The van der Waals surface area contributed by atoms with Crippen LogP contribution in [0.25, 0.3) is 0 Å². The summed E-state index contributed by atoms with van der Waals surface area (Å²) in [5.41, 5.74) is -0.127. The highest BCUT2D eigenvalue weighted by Gasteiger charge is 2.15. The third-order valence-corrected chi connectivity index (χ3v) is 3.40. The van der Waals surface area contributed by atoms with Gasteiger partial charge in [-0.05, 0) is 30.3 Å². The van der Waals surface area contributed by atoms with Gasteiger partial charge in [0.15, 0.2) is 0 Å². The van der Waals surface area contributed by atoms with E-state index in [1.807, 2.05) is 0 Å². The second-order valence-electron chi connectivity index (χ2n) is 3.47. The second kappa shape index (κ2) is 5.54. The molecule has 0 saturated carbocycles. The first kappa shape index (κ1) is 13.8. The summed E-state index contributed by atoms with van der Waals surface area (Å²) in [6.45, 7) is 0. The van der Waals surface area contributed by atoms with Gasteiger partial charge in [-0.2, -0.15) is 0 Å². The standard InChI is InChI=1S/C12H6ClF2NO2S/c13-10-4-2-7(12(17)18)11(16-10)19-9-5-6(14)1-3-8(9)15/h1-5H,(H,17,18). The molecule has 1 aromatic carbocycles. The van der Waals surface area contributed by atoms with Crippen molar-refractivity contribution < 1.29 is 18.7 Å². The molecule has 0 spiro atoms. The first-order valence-electron chi connectivity index (χ1n) is 5.00. The maximum Gasteiger partial charge on any atom is 0.338 e. The number of hydrogen-bond donors (Lipinski definition) is 1. The molecule has 98 valence electrons. The highest BCUT2D eigenvalue weighted by atomic mass is 35.5. The summed E-state index contributed by atoms with van der Waals surface area (Å²) >= 11 is 6.38. The number of pyridine rings is 1. The second-order valence-corrected chi connectivity index (χ2v) is 4.89. The number of rotatable bonds is 3. The van der Waals surface area contributed by atoms with E-state index in [9.17, 15) is 13.6 Å². The third-order valence-electron chi connectivity index (χ3n) is 2.16. The van der Waals surface area contributed by atoms with Gasteiger partial charge >= 0.3 is 5.97 Å². The van der Waals surface area contributed by atoms with Crippen LogP contribution in [0, 0.1) is 11.6 Å². The Hall–Kier alpha value is -1.66. The molecule has 0 bridgehead atoms. The molecule has 0 saturated heterocycles. The molecule has 0 aliphatic heterocycles. The molecule has 0 fully saturated rings. The minimum atomic E-state index is -1.22. The van der Waals surface area contributed by atoms with E-state index in [0.29, 0.717) is 11.8 Å². The monoisotopic (exact) mass is 301 g/mol. The molecule has 2 rings (SSSR count). The zero-order valence-electron chi connectivity index (χ0n) is 9.23. The number of aromatic carboxylic acids is 1. The summed E-state index contributed by atoms with van der Waals surface area (Å²) in [5, 5.41) is 9.07. The van der Waals surface area contributed by atoms with Crippen molar-refractivity contribution in [2.45, 2.75) is 9.92 Å². The first-order valence-corrected chi connectivity index (χ1v) is 6.19. The molecule has 3 nitrogen and oxygen atoms in total. The van der Waals surface area contributed by atoms with Crippen LogP contribution in [-0.2, 0) is 0 Å². The largest absolute Gasteiger partial charge is 0.478 e. The van der Waals surface area contributed by atoms with E-state index >= 15 is 0 Å². The Bertz CT molecular complexity index is 652. The average Bonchev–Trinajstić information content (AvgIpc) is 2.33. The highest BCUT2D eigenvalue weighted by molar-refractivity contribution is 7.99. The van der Waals surface area contributed by atoms with Gasteiger partial charge in [-0.3, -0.25) is 0 Å². The van der Waals surface area contributed by atoms with E-state index in [4.69, 9.17) is 16.7 Å². The molecule has 0 aliphatic rings. The van der Waals surface area contributed by atoms with Gasteiger partial charge in [0.2, 0.25) is 0 Å². The predicted molar refractivity (Wildman–Crippen MR) is 66.7 cm³/mol. The lowest BCUT2D eigenvalue weighted by molar-refractivity contribution is 0.0692. The van der Waals surface area contributed by atoms with Gasteiger partial charge < -0.3 is 5.11 Å². The fourth-order valence-electron chi connectivity index (χ4n) is 1.32. The fraction of sp³-hybridized carbons (Fsp3) is 0. The Morgan fingerprint density at radius 1 is 1.26 bits per heavy atom. The van der Waals surface area contributed by atoms with Crippen LogP contribution in [0.3, 0.4) is 0 Å². The van der Waals surface area contributed by atoms with E-state index in [-0.39, 0.29) is 20.6 Å². The number of nitrogens with zero attached hydrogens (tertiary/aromatic N) is 1. The van der Waals surface area contributed by atoms with Crippen molar-refractivity contribution in [2.24, 2.45) is 0 Å². The number of benzene rings is 1. The first-order chi connectivity index (χ1) is 8.97. The number of carboxylic acids is 1. The maximum absolute atomic E-state index is 13.5. The van der Waals surface area contributed by atoms with Gasteiger partial charge in [-0.25, -0.2) is 18.6 Å². The van der Waals surface area contributed by atoms with Gasteiger partial charge in [0.1, 0.15) is 21.8 Å². The van der Waals surface area contributed by atoms with Gasteiger partial charge in [0, 0.05) is 0 Å². The lowest BCUT2D eigenvalue weighted by Gasteiger charge is -2.06. The molecular weight excluding hydrogens is 296 g/mol. The maximum atomic E-state index is 13.5. The molecule has 0 radical (unpaired) electrons. The van der Waals surface area contributed by atoms with Gasteiger partial charge in [0.25, 0.3) is 0 Å². The zero-order chi connectivity index (χ0) is 14.0. The number of hydrogen-bond acceptors (Lipinski definition) is 3. The summed E-state index contributed by atoms with van der Waals surface area (Å²) in [4.78, 5) is 14.8. The van der Waals surface area contributed by atoms with Crippen molar-refractivity contribution in [3.63, 3.8) is 0 Å². The molecule has 2 aromatic rings. The number of carboxylic acid groups (broad SMARTS) is 1. The van der Waals surface area contributed by atoms with E-state index in [1.54, 1.807) is 0 Å². The predicted octanol–water partition coefficient (Wildman–Crippen LogP) is 3.86. The van der Waals surface area contributed by atoms with E-state index < -0.39 is 17.6 Å². The third kappa shape index (κ3) is 3.21. The van der Waals surface area contributed by atoms with Crippen LogP contribution in [-0.4, -0.2) is 16.1 Å². The topological polar surface area (TPSA) is 50.2 Å². The molecule has 1 heterocycles. The lowest BCUT2D eigenvalue weighted by Crippen LogP contribution is -2.01. The molecule has 7 heteroatoms. The van der Waals surface area contributed by atoms with Crippen LogP contribution < -0.4 is 0 Å². The Kier molecular flexibility index (Phi) is 4.01. The minimum Gasteiger partial charge on any atom is -0.478 e. The Labute approximate surface area is 116 Å². The van der Waals surface area contributed by atoms with Crippen molar-refractivity contribution in [1.82, 2.24) is 4.98 Å². The van der Waals surface area contributed by atoms with Crippen molar-refractivity contribution in [2.75, 3.05) is 0 Å². The highest BCUT2D eigenvalue weighted by Crippen LogP contribution is 2.32. The van der Waals surface area contributed by atoms with E-state index in [0.717, 1.165) is 18.2 Å². The summed E-state index contributed by atoms with van der Waals surface area (Å²) in [7, 11) is 0. The van der Waals surface area contributed by atoms with Gasteiger partial charge in [0.05, 0.1) is 10.5 Å². The van der Waals surface area contributed by atoms with Crippen LogP contribution in [0.1, 0.15) is 10.4 Å². The van der Waals surface area contributed by atoms with Crippen LogP contribution in [0.5, 0.6) is 0 Å². The molecule has 0 aliphatic carbocycles. The molecule has 0 amide bonds. The van der Waals surface area contributed by atoms with E-state index in [2.05, 4.69) is 4.98 Å². The Morgan fingerprint density at radius 2 is 2.00 bits per heavy atom. The summed E-state index contributed by atoms with van der Waals surface area (Å²) in [6.07, 6.45) is 0. The number of aromatic nitrogens is 1. The van der Waals surface area contributed by atoms with Crippen molar-refractivity contribution >= 4 is 29.3 Å². The molecule has 19 heavy (non-hydrogen) atoms. The Balaban J connectivity index is 2.45. The SMILES string of the molecule is O=C(O)c1ccc(Cl)nc1Sc1cc(F)ccc1F. The summed E-state index contributed by atoms with van der Waals surface area (Å²) in [5.74, 6) is -2.50. The van der Waals surface area contributed by atoms with Gasteiger partial charge in [-0.1, -0.05) is 23.4 Å². The smallest absolute Gasteiger partial charge is 0.338 e. The van der Waals surface area contributed by atoms with Crippen molar-refractivity contribution in [3.8, 4) is 0 Å². The van der Waals surface area contributed by atoms with Crippen molar-refractivity contribution in [3.05, 3.63) is 52.7 Å². The van der Waals surface area contributed by atoms with Gasteiger partial charge in [-0.15, -0.1) is 0 Å². The molecule has 1 aromatic heterocycles. The van der Waals surface area contributed by atoms with Crippen LogP contribution in [0.4, 0.5) is 8.78 Å². The van der Waals surface area contributed by atoms with Crippen molar-refractivity contribution in [1.29, 1.82) is 0 Å². The summed E-state index contributed by atoms with van der Waals surface area (Å²) in [6, 6.07) is 5.48. The Morgan fingerprint density at radius 3 is 2.68 bits per heavy atom. The normalized spacial score (nSPS) is 10.5. The molecular formula is C12H6ClF2NO2S. The van der Waals surface area contributed by atoms with Crippen LogP contribution in [0.15, 0.2) is 40.3 Å². The minimum absolute atomic E-state index is 0.00417. The molecule has 0 atom stereocenters. The fourth-order valence-corrected chi connectivity index (χ4v) is 2.47. The summed E-state index contributed by atoms with van der Waals surface area (Å²) < 4.78 is 26.5. The van der Waals surface area contributed by atoms with E-state index in [1.165, 1.54) is 12.1 Å². The lowest BCUT2D eigenvalue weighted by atomic mass is 10.3. The quantitative estimate of drug-likeness (QED) is 0.875. The zero-order valence-corrected chi connectivity index (χ0v) is 10.8. The molecule has 1 N–H and O–H groups in total. The average molecular weight is 302 g/mol. The molecule has 0 unspecified atom stereocenters. The van der Waals surface area contributed by atoms with Crippen LogP contribution in [0.2, 0.25) is 5.15 Å². The van der Waals surface area contributed by atoms with Crippen LogP contribution >= 0.6 is 23.4 Å².